The summed E-state index contributed by atoms with van der Waals surface area (Å²) in [6.07, 6.45) is 4.81. The van der Waals surface area contributed by atoms with Gasteiger partial charge in [0.25, 0.3) is 0 Å². The second-order valence-corrected chi connectivity index (χ2v) is 7.08. The van der Waals surface area contributed by atoms with Crippen LogP contribution in [0.3, 0.4) is 0 Å². The minimum Gasteiger partial charge on any atom is -0.486 e. The number of carbonyl (C=O) groups is 2. The molecule has 3 aliphatic rings. The van der Waals surface area contributed by atoms with Crippen LogP contribution in [0.1, 0.15) is 32.1 Å². The number of nitrogens with one attached hydrogen (secondary N) is 1. The van der Waals surface area contributed by atoms with Gasteiger partial charge in [-0.1, -0.05) is 12.8 Å². The van der Waals surface area contributed by atoms with E-state index >= 15 is 0 Å². The van der Waals surface area contributed by atoms with E-state index in [-0.39, 0.29) is 18.0 Å². The summed E-state index contributed by atoms with van der Waals surface area (Å²) in [7, 11) is 0. The highest BCUT2D eigenvalue weighted by atomic mass is 16.6. The molecule has 4 rings (SSSR count). The molecule has 7 nitrogen and oxygen atoms in total. The topological polar surface area (TPSA) is 71.1 Å². The van der Waals surface area contributed by atoms with Gasteiger partial charge in [0.05, 0.1) is 6.04 Å². The molecule has 26 heavy (non-hydrogen) atoms. The molecule has 0 bridgehead atoms. The van der Waals surface area contributed by atoms with Gasteiger partial charge in [-0.25, -0.2) is 4.79 Å². The number of urea groups is 1. The lowest BCUT2D eigenvalue weighted by molar-refractivity contribution is -0.117. The summed E-state index contributed by atoms with van der Waals surface area (Å²) in [5.74, 6) is 1.39. The molecule has 0 spiro atoms. The van der Waals surface area contributed by atoms with Crippen molar-refractivity contribution in [1.29, 1.82) is 0 Å². The molecule has 140 valence electrons. The number of likely N-dealkylation sites (tertiary alicyclic amines) is 1. The lowest BCUT2D eigenvalue weighted by atomic mass is 10.2. The van der Waals surface area contributed by atoms with Crippen LogP contribution in [-0.4, -0.2) is 55.7 Å². The zero-order chi connectivity index (χ0) is 17.9. The summed E-state index contributed by atoms with van der Waals surface area (Å²) in [4.78, 5) is 28.5. The van der Waals surface area contributed by atoms with E-state index in [4.69, 9.17) is 9.47 Å². The van der Waals surface area contributed by atoms with Gasteiger partial charge in [0.15, 0.2) is 11.5 Å². The van der Waals surface area contributed by atoms with Crippen molar-refractivity contribution in [2.24, 2.45) is 0 Å². The second kappa shape index (κ2) is 7.43. The Morgan fingerprint density at radius 3 is 2.54 bits per heavy atom. The van der Waals surface area contributed by atoms with Crippen LogP contribution in [0.4, 0.5) is 10.5 Å². The predicted molar refractivity (Wildman–Crippen MR) is 96.8 cm³/mol. The quantitative estimate of drug-likeness (QED) is 0.878. The number of hydrogen-bond donors (Lipinski definition) is 1. The molecule has 3 aliphatic heterocycles. The Kier molecular flexibility index (Phi) is 4.86. The summed E-state index contributed by atoms with van der Waals surface area (Å²) in [6.45, 7) is 3.15. The smallest absolute Gasteiger partial charge is 0.317 e. The Morgan fingerprint density at radius 1 is 1.04 bits per heavy atom. The largest absolute Gasteiger partial charge is 0.486 e. The SMILES string of the molecule is O=C(N[C@@H]1CC(=O)N(c2ccc3c(c2)OCCO3)C1)N1CCCCCC1. The summed E-state index contributed by atoms with van der Waals surface area (Å²) in [5, 5.41) is 3.04. The van der Waals surface area contributed by atoms with Crippen molar-refractivity contribution in [3.8, 4) is 11.5 Å². The molecular formula is C19H25N3O4. The first-order valence-corrected chi connectivity index (χ1v) is 9.46. The molecule has 3 amide bonds. The van der Waals surface area contributed by atoms with Crippen molar-refractivity contribution >= 4 is 17.6 Å². The number of benzene rings is 1. The molecule has 2 saturated heterocycles. The van der Waals surface area contributed by atoms with Crippen LogP contribution in [0.5, 0.6) is 11.5 Å². The first-order valence-electron chi connectivity index (χ1n) is 9.46. The highest BCUT2D eigenvalue weighted by Crippen LogP contribution is 2.35. The highest BCUT2D eigenvalue weighted by molar-refractivity contribution is 5.97. The molecule has 0 aromatic heterocycles. The first kappa shape index (κ1) is 17.0. The Balaban J connectivity index is 1.39. The maximum atomic E-state index is 12.5. The fraction of sp³-hybridized carbons (Fsp3) is 0.579. The molecule has 1 N–H and O–H groups in total. The molecule has 3 heterocycles. The van der Waals surface area contributed by atoms with Crippen molar-refractivity contribution in [3.05, 3.63) is 18.2 Å². The predicted octanol–water partition coefficient (Wildman–Crippen LogP) is 2.15. The van der Waals surface area contributed by atoms with Crippen LogP contribution in [0.2, 0.25) is 0 Å². The summed E-state index contributed by atoms with van der Waals surface area (Å²) >= 11 is 0. The van der Waals surface area contributed by atoms with Gasteiger partial charge in [0.2, 0.25) is 5.91 Å². The molecule has 1 atom stereocenters. The maximum Gasteiger partial charge on any atom is 0.317 e. The third kappa shape index (κ3) is 3.57. The van der Waals surface area contributed by atoms with Crippen LogP contribution in [-0.2, 0) is 4.79 Å². The van der Waals surface area contributed by atoms with Gasteiger partial charge >= 0.3 is 6.03 Å². The van der Waals surface area contributed by atoms with Crippen molar-refractivity contribution in [2.45, 2.75) is 38.1 Å². The van der Waals surface area contributed by atoms with Crippen LogP contribution < -0.4 is 19.7 Å². The van der Waals surface area contributed by atoms with Crippen molar-refractivity contribution in [3.63, 3.8) is 0 Å². The minimum absolute atomic E-state index is 0.0165. The van der Waals surface area contributed by atoms with Gasteiger partial charge in [-0.3, -0.25) is 4.79 Å². The van der Waals surface area contributed by atoms with Gasteiger partial charge < -0.3 is 24.6 Å². The van der Waals surface area contributed by atoms with E-state index < -0.39 is 0 Å². The third-order valence-corrected chi connectivity index (χ3v) is 5.18. The number of nitrogens with zero attached hydrogens (tertiary/aromatic N) is 2. The van der Waals surface area contributed by atoms with E-state index in [2.05, 4.69) is 5.32 Å². The zero-order valence-electron chi connectivity index (χ0n) is 14.9. The minimum atomic E-state index is -0.161. The molecular weight excluding hydrogens is 334 g/mol. The second-order valence-electron chi connectivity index (χ2n) is 7.08. The number of carbonyl (C=O) groups excluding carboxylic acids is 2. The molecule has 0 aliphatic carbocycles. The third-order valence-electron chi connectivity index (χ3n) is 5.18. The molecule has 0 unspecified atom stereocenters. The normalized spacial score (nSPS) is 22.9. The Bertz CT molecular complexity index is 685. The Labute approximate surface area is 153 Å². The molecule has 0 radical (unpaired) electrons. The summed E-state index contributed by atoms with van der Waals surface area (Å²) < 4.78 is 11.1. The van der Waals surface area contributed by atoms with E-state index in [1.54, 1.807) is 4.90 Å². The van der Waals surface area contributed by atoms with Crippen LogP contribution >= 0.6 is 0 Å². The monoisotopic (exact) mass is 359 g/mol. The standard InChI is InChI=1S/C19H25N3O4/c23-18-11-14(20-19(24)21-7-3-1-2-4-8-21)13-22(18)15-5-6-16-17(12-15)26-10-9-25-16/h5-6,12,14H,1-4,7-11,13H2,(H,20,24)/t14-/m1/s1. The molecule has 2 fully saturated rings. The number of rotatable bonds is 2. The number of ether oxygens (including phenoxy) is 2. The number of anilines is 1. The van der Waals surface area contributed by atoms with Gasteiger partial charge in [0.1, 0.15) is 13.2 Å². The zero-order valence-corrected chi connectivity index (χ0v) is 14.9. The van der Waals surface area contributed by atoms with Crippen LogP contribution in [0.25, 0.3) is 0 Å². The first-order chi connectivity index (χ1) is 12.7. The fourth-order valence-corrected chi connectivity index (χ4v) is 3.79. The van der Waals surface area contributed by atoms with Gasteiger partial charge in [-0.05, 0) is 25.0 Å². The van der Waals surface area contributed by atoms with Gasteiger partial charge in [-0.15, -0.1) is 0 Å². The number of fused-ring (bicyclic) bond motifs is 1. The lowest BCUT2D eigenvalue weighted by Gasteiger charge is -2.24. The van der Waals surface area contributed by atoms with Crippen molar-refractivity contribution in [2.75, 3.05) is 37.7 Å². The molecule has 1 aromatic carbocycles. The van der Waals surface area contributed by atoms with E-state index in [0.29, 0.717) is 37.7 Å². The van der Waals surface area contributed by atoms with Gasteiger partial charge in [0, 0.05) is 37.8 Å². The molecule has 1 aromatic rings. The van der Waals surface area contributed by atoms with E-state index in [1.165, 1.54) is 12.8 Å². The fourth-order valence-electron chi connectivity index (χ4n) is 3.79. The summed E-state index contributed by atoms with van der Waals surface area (Å²) in [5.41, 5.74) is 0.783. The average molecular weight is 359 g/mol. The summed E-state index contributed by atoms with van der Waals surface area (Å²) in [6, 6.07) is 5.33. The van der Waals surface area contributed by atoms with Crippen molar-refractivity contribution < 1.29 is 19.1 Å². The van der Waals surface area contributed by atoms with E-state index in [1.807, 2.05) is 23.1 Å². The number of amides is 3. The lowest BCUT2D eigenvalue weighted by Crippen LogP contribution is -2.46. The molecule has 0 saturated carbocycles. The number of hydrogen-bond acceptors (Lipinski definition) is 4. The molecule has 7 heteroatoms. The van der Waals surface area contributed by atoms with Gasteiger partial charge in [-0.2, -0.15) is 0 Å². The van der Waals surface area contributed by atoms with E-state index in [9.17, 15) is 9.59 Å². The van der Waals surface area contributed by atoms with Crippen molar-refractivity contribution in [1.82, 2.24) is 10.2 Å². The Morgan fingerprint density at radius 2 is 1.77 bits per heavy atom. The maximum absolute atomic E-state index is 12.5. The average Bonchev–Trinajstić information content (AvgIpc) is 2.86. The van der Waals surface area contributed by atoms with Crippen LogP contribution in [0.15, 0.2) is 18.2 Å². The van der Waals surface area contributed by atoms with Crippen LogP contribution in [0, 0.1) is 0 Å². The highest BCUT2D eigenvalue weighted by Gasteiger charge is 2.33. The van der Waals surface area contributed by atoms with E-state index in [0.717, 1.165) is 31.6 Å². The Hall–Kier alpha value is -2.44.